The number of aryl methyl sites for hydroxylation is 1. The Hall–Kier alpha value is -2.18. The molecule has 25 heavy (non-hydrogen) atoms. The van der Waals surface area contributed by atoms with Gasteiger partial charge in [0.2, 0.25) is 15.9 Å². The lowest BCUT2D eigenvalue weighted by Gasteiger charge is -2.27. The molecule has 1 amide bonds. The molecule has 0 bridgehead atoms. The second kappa shape index (κ2) is 8.27. The fourth-order valence-corrected chi connectivity index (χ4v) is 3.75. The Kier molecular flexibility index (Phi) is 6.33. The van der Waals surface area contributed by atoms with Crippen LogP contribution in [0.4, 0.5) is 0 Å². The monoisotopic (exact) mass is 360 g/mol. The quantitative estimate of drug-likeness (QED) is 0.825. The number of nitrogens with zero attached hydrogens (tertiary/aromatic N) is 1. The van der Waals surface area contributed by atoms with Crippen LogP contribution in [0.15, 0.2) is 59.5 Å². The summed E-state index contributed by atoms with van der Waals surface area (Å²) in [5.74, 6) is -0.254. The summed E-state index contributed by atoms with van der Waals surface area (Å²) in [6, 6.07) is 16.3. The topological polar surface area (TPSA) is 66.5 Å². The van der Waals surface area contributed by atoms with Crippen molar-refractivity contribution in [2.75, 3.05) is 6.54 Å². The van der Waals surface area contributed by atoms with Crippen LogP contribution in [0.25, 0.3) is 0 Å². The van der Waals surface area contributed by atoms with E-state index in [0.717, 1.165) is 5.56 Å². The van der Waals surface area contributed by atoms with Gasteiger partial charge in [-0.25, -0.2) is 13.1 Å². The van der Waals surface area contributed by atoms with E-state index in [0.29, 0.717) is 12.1 Å². The maximum Gasteiger partial charge on any atom is 0.241 e. The lowest BCUT2D eigenvalue weighted by Crippen LogP contribution is -2.43. The first-order chi connectivity index (χ1) is 11.8. The molecular weight excluding hydrogens is 336 g/mol. The Morgan fingerprint density at radius 2 is 1.64 bits per heavy atom. The molecule has 0 fully saturated rings. The van der Waals surface area contributed by atoms with E-state index < -0.39 is 10.0 Å². The largest absolute Gasteiger partial charge is 0.335 e. The van der Waals surface area contributed by atoms with Crippen molar-refractivity contribution in [3.63, 3.8) is 0 Å². The predicted octanol–water partition coefficient (Wildman–Crippen LogP) is 2.71. The van der Waals surface area contributed by atoms with Gasteiger partial charge in [0, 0.05) is 12.6 Å². The van der Waals surface area contributed by atoms with E-state index in [1.807, 2.05) is 44.2 Å². The van der Waals surface area contributed by atoms with E-state index in [1.165, 1.54) is 6.07 Å². The van der Waals surface area contributed by atoms with Crippen LogP contribution in [0.1, 0.15) is 25.0 Å². The Labute approximate surface area is 149 Å². The summed E-state index contributed by atoms with van der Waals surface area (Å²) in [6.45, 7) is 5.74. The van der Waals surface area contributed by atoms with Crippen molar-refractivity contribution in [1.82, 2.24) is 9.62 Å². The zero-order valence-corrected chi connectivity index (χ0v) is 15.6. The van der Waals surface area contributed by atoms with Gasteiger partial charge in [-0.3, -0.25) is 4.79 Å². The molecule has 2 aromatic carbocycles. The number of hydrogen-bond donors (Lipinski definition) is 1. The van der Waals surface area contributed by atoms with Gasteiger partial charge in [0.15, 0.2) is 0 Å². The van der Waals surface area contributed by atoms with Gasteiger partial charge in [-0.1, -0.05) is 48.5 Å². The van der Waals surface area contributed by atoms with E-state index in [1.54, 1.807) is 30.0 Å². The molecule has 0 aromatic heterocycles. The Morgan fingerprint density at radius 1 is 1.04 bits per heavy atom. The Morgan fingerprint density at radius 3 is 2.24 bits per heavy atom. The highest BCUT2D eigenvalue weighted by atomic mass is 32.2. The minimum absolute atomic E-state index is 0.0318. The molecule has 0 saturated heterocycles. The summed E-state index contributed by atoms with van der Waals surface area (Å²) in [6.07, 6.45) is 0. The minimum atomic E-state index is -3.72. The summed E-state index contributed by atoms with van der Waals surface area (Å²) in [7, 11) is -3.72. The molecule has 6 heteroatoms. The highest BCUT2D eigenvalue weighted by Gasteiger charge is 2.21. The highest BCUT2D eigenvalue weighted by molar-refractivity contribution is 7.89. The van der Waals surface area contributed by atoms with Gasteiger partial charge in [0.25, 0.3) is 0 Å². The normalized spacial score (nSPS) is 11.5. The number of sulfonamides is 1. The number of hydrogen-bond acceptors (Lipinski definition) is 3. The molecule has 0 atom stereocenters. The van der Waals surface area contributed by atoms with Crippen LogP contribution >= 0.6 is 0 Å². The van der Waals surface area contributed by atoms with Gasteiger partial charge < -0.3 is 4.90 Å². The molecule has 5 nitrogen and oxygen atoms in total. The molecule has 0 unspecified atom stereocenters. The average Bonchev–Trinajstić information content (AvgIpc) is 2.58. The summed E-state index contributed by atoms with van der Waals surface area (Å²) in [5, 5.41) is 0. The number of carbonyl (C=O) groups excluding carboxylic acids is 1. The molecular formula is C19H24N2O3S. The first-order valence-electron chi connectivity index (χ1n) is 8.20. The highest BCUT2D eigenvalue weighted by Crippen LogP contribution is 2.14. The van der Waals surface area contributed by atoms with Gasteiger partial charge >= 0.3 is 0 Å². The van der Waals surface area contributed by atoms with Gasteiger partial charge in [-0.05, 0) is 38.0 Å². The van der Waals surface area contributed by atoms with Crippen molar-refractivity contribution >= 4 is 15.9 Å². The maximum atomic E-state index is 12.6. The van der Waals surface area contributed by atoms with Gasteiger partial charge in [-0.2, -0.15) is 0 Å². The van der Waals surface area contributed by atoms with Crippen molar-refractivity contribution in [3.05, 3.63) is 65.7 Å². The van der Waals surface area contributed by atoms with E-state index in [4.69, 9.17) is 0 Å². The fourth-order valence-electron chi connectivity index (χ4n) is 2.53. The lowest BCUT2D eigenvalue weighted by molar-refractivity contribution is -0.132. The smallest absolute Gasteiger partial charge is 0.241 e. The molecule has 2 aromatic rings. The molecule has 1 N–H and O–H groups in total. The van der Waals surface area contributed by atoms with Crippen molar-refractivity contribution in [2.45, 2.75) is 38.3 Å². The van der Waals surface area contributed by atoms with Crippen LogP contribution in [-0.2, 0) is 21.4 Å². The standard InChI is InChI=1S/C19H24N2O3S/c1-15(2)21(14-17-10-5-4-6-11-17)19(22)13-20-25(23,24)18-12-8-7-9-16(18)3/h4-12,15,20H,13-14H2,1-3H3. The predicted molar refractivity (Wildman–Crippen MR) is 98.5 cm³/mol. The van der Waals surface area contributed by atoms with Gasteiger partial charge in [-0.15, -0.1) is 0 Å². The summed E-state index contributed by atoms with van der Waals surface area (Å²) in [4.78, 5) is 14.4. The molecule has 0 aliphatic heterocycles. The number of rotatable bonds is 7. The summed E-state index contributed by atoms with van der Waals surface area (Å²) < 4.78 is 27.3. The summed E-state index contributed by atoms with van der Waals surface area (Å²) in [5.41, 5.74) is 1.65. The van der Waals surface area contributed by atoms with Crippen LogP contribution < -0.4 is 4.72 Å². The van der Waals surface area contributed by atoms with E-state index in [2.05, 4.69) is 4.72 Å². The zero-order valence-electron chi connectivity index (χ0n) is 14.8. The number of benzene rings is 2. The third-order valence-electron chi connectivity index (χ3n) is 3.94. The molecule has 2 rings (SSSR count). The third kappa shape index (κ3) is 5.14. The molecule has 0 aliphatic carbocycles. The van der Waals surface area contributed by atoms with Crippen molar-refractivity contribution in [3.8, 4) is 0 Å². The van der Waals surface area contributed by atoms with Crippen LogP contribution in [0, 0.1) is 6.92 Å². The SMILES string of the molecule is Cc1ccccc1S(=O)(=O)NCC(=O)N(Cc1ccccc1)C(C)C. The fraction of sp³-hybridized carbons (Fsp3) is 0.316. The van der Waals surface area contributed by atoms with Crippen molar-refractivity contribution < 1.29 is 13.2 Å². The first kappa shape index (κ1) is 19.1. The number of carbonyl (C=O) groups is 1. The van der Waals surface area contributed by atoms with Gasteiger partial charge in [0.05, 0.1) is 11.4 Å². The lowest BCUT2D eigenvalue weighted by atomic mass is 10.2. The van der Waals surface area contributed by atoms with E-state index in [9.17, 15) is 13.2 Å². The van der Waals surface area contributed by atoms with Crippen LogP contribution in [0.5, 0.6) is 0 Å². The van der Waals surface area contributed by atoms with Gasteiger partial charge in [0.1, 0.15) is 0 Å². The summed E-state index contributed by atoms with van der Waals surface area (Å²) >= 11 is 0. The van der Waals surface area contributed by atoms with E-state index in [-0.39, 0.29) is 23.4 Å². The van der Waals surface area contributed by atoms with Crippen LogP contribution in [0.3, 0.4) is 0 Å². The van der Waals surface area contributed by atoms with Crippen molar-refractivity contribution in [2.24, 2.45) is 0 Å². The number of nitrogens with one attached hydrogen (secondary N) is 1. The second-order valence-corrected chi connectivity index (χ2v) is 7.93. The average molecular weight is 360 g/mol. The zero-order chi connectivity index (χ0) is 18.4. The van der Waals surface area contributed by atoms with Crippen LogP contribution in [-0.4, -0.2) is 31.8 Å². The maximum absolute atomic E-state index is 12.6. The molecule has 0 aliphatic rings. The third-order valence-corrected chi connectivity index (χ3v) is 5.50. The van der Waals surface area contributed by atoms with E-state index >= 15 is 0 Å². The molecule has 0 heterocycles. The number of amides is 1. The molecule has 0 saturated carbocycles. The molecule has 134 valence electrons. The Bertz CT molecular complexity index is 818. The minimum Gasteiger partial charge on any atom is -0.335 e. The molecule has 0 radical (unpaired) electrons. The Balaban J connectivity index is 2.07. The second-order valence-electron chi connectivity index (χ2n) is 6.19. The molecule has 0 spiro atoms. The van der Waals surface area contributed by atoms with Crippen LogP contribution in [0.2, 0.25) is 0 Å². The first-order valence-corrected chi connectivity index (χ1v) is 9.68. The van der Waals surface area contributed by atoms with Crippen molar-refractivity contribution in [1.29, 1.82) is 0 Å².